The maximum Gasteiger partial charge on any atom is 0.154 e. The Balaban J connectivity index is 2.55. The molecule has 0 spiro atoms. The van der Waals surface area contributed by atoms with Gasteiger partial charge in [0.05, 0.1) is 10.8 Å². The molecule has 0 aliphatic heterocycles. The summed E-state index contributed by atoms with van der Waals surface area (Å²) in [6.45, 7) is 8.11. The van der Waals surface area contributed by atoms with Crippen molar-refractivity contribution in [1.82, 2.24) is 5.32 Å². The normalized spacial score (nSPS) is 14.5. The predicted molar refractivity (Wildman–Crippen MR) is 86.3 cm³/mol. The lowest BCUT2D eigenvalue weighted by atomic mass is 10.00. The molecule has 2 rings (SSSR count). The van der Waals surface area contributed by atoms with Crippen molar-refractivity contribution in [3.8, 4) is 0 Å². The van der Waals surface area contributed by atoms with Crippen molar-refractivity contribution in [2.45, 2.75) is 38.5 Å². The molecule has 1 heterocycles. The minimum atomic E-state index is -3.24. The number of fused-ring (bicyclic) bond motifs is 1. The summed E-state index contributed by atoms with van der Waals surface area (Å²) in [7, 11) is -3.24. The number of rotatable bonds is 5. The van der Waals surface area contributed by atoms with Crippen LogP contribution in [0.2, 0.25) is 0 Å². The van der Waals surface area contributed by atoms with E-state index in [-0.39, 0.29) is 6.04 Å². The van der Waals surface area contributed by atoms with Crippen molar-refractivity contribution in [3.63, 3.8) is 0 Å². The van der Waals surface area contributed by atoms with Crippen LogP contribution in [0.25, 0.3) is 11.0 Å². The van der Waals surface area contributed by atoms with Gasteiger partial charge in [-0.05, 0) is 45.5 Å². The number of benzene rings is 1. The molecule has 1 aromatic heterocycles. The molecular weight excluding hydrogens is 286 g/mol. The van der Waals surface area contributed by atoms with Crippen molar-refractivity contribution in [2.75, 3.05) is 12.8 Å². The summed E-state index contributed by atoms with van der Waals surface area (Å²) >= 11 is 0. The van der Waals surface area contributed by atoms with Gasteiger partial charge >= 0.3 is 0 Å². The van der Waals surface area contributed by atoms with Crippen LogP contribution in [0, 0.1) is 6.92 Å². The van der Waals surface area contributed by atoms with Gasteiger partial charge in [-0.25, -0.2) is 8.42 Å². The second-order valence-electron chi connectivity index (χ2n) is 6.06. The number of nitrogens with one attached hydrogen (secondary N) is 1. The first-order valence-electron chi connectivity index (χ1n) is 7.10. The maximum atomic E-state index is 12.1. The number of aryl methyl sites for hydroxylation is 1. The van der Waals surface area contributed by atoms with Crippen molar-refractivity contribution in [3.05, 3.63) is 35.6 Å². The summed E-state index contributed by atoms with van der Waals surface area (Å²) in [6, 6.07) is 7.50. The predicted octanol–water partition coefficient (Wildman–Crippen LogP) is 3.22. The Hall–Kier alpha value is -1.33. The Morgan fingerprint density at radius 2 is 1.95 bits per heavy atom. The van der Waals surface area contributed by atoms with Crippen LogP contribution < -0.4 is 5.32 Å². The van der Waals surface area contributed by atoms with Gasteiger partial charge in [0.25, 0.3) is 0 Å². The summed E-state index contributed by atoms with van der Waals surface area (Å²) in [6.07, 6.45) is 1.27. The monoisotopic (exact) mass is 309 g/mol. The van der Waals surface area contributed by atoms with E-state index in [1.807, 2.05) is 38.1 Å². The molecule has 5 heteroatoms. The summed E-state index contributed by atoms with van der Waals surface area (Å²) in [5.41, 5.74) is 1.93. The van der Waals surface area contributed by atoms with Crippen LogP contribution in [0.3, 0.4) is 0 Å². The average Bonchev–Trinajstić information content (AvgIpc) is 2.76. The first-order valence-corrected chi connectivity index (χ1v) is 8.99. The van der Waals surface area contributed by atoms with E-state index in [0.717, 1.165) is 16.5 Å². The summed E-state index contributed by atoms with van der Waals surface area (Å²) < 4.78 is 29.2. The van der Waals surface area contributed by atoms with E-state index in [9.17, 15) is 8.42 Å². The van der Waals surface area contributed by atoms with Gasteiger partial charge in [0.2, 0.25) is 0 Å². The Labute approximate surface area is 126 Å². The van der Waals surface area contributed by atoms with E-state index in [1.165, 1.54) is 6.26 Å². The number of hydrogen-bond donors (Lipinski definition) is 1. The third-order valence-electron chi connectivity index (χ3n) is 4.03. The van der Waals surface area contributed by atoms with Crippen LogP contribution in [0.4, 0.5) is 0 Å². The zero-order valence-electron chi connectivity index (χ0n) is 13.2. The van der Waals surface area contributed by atoms with Crippen LogP contribution in [0.15, 0.2) is 28.7 Å². The fourth-order valence-corrected chi connectivity index (χ4v) is 3.06. The lowest BCUT2D eigenvalue weighted by Gasteiger charge is -2.31. The van der Waals surface area contributed by atoms with Crippen LogP contribution in [-0.4, -0.2) is 26.0 Å². The molecule has 0 aliphatic carbocycles. The smallest absolute Gasteiger partial charge is 0.154 e. The van der Waals surface area contributed by atoms with Gasteiger partial charge in [0.1, 0.15) is 11.3 Å². The quantitative estimate of drug-likeness (QED) is 0.921. The highest BCUT2D eigenvalue weighted by atomic mass is 32.2. The van der Waals surface area contributed by atoms with Gasteiger partial charge in [-0.15, -0.1) is 0 Å². The molecule has 0 aliphatic rings. The molecule has 0 amide bonds. The van der Waals surface area contributed by atoms with Crippen molar-refractivity contribution in [2.24, 2.45) is 0 Å². The zero-order chi connectivity index (χ0) is 15.8. The molecule has 1 atom stereocenters. The van der Waals surface area contributed by atoms with Gasteiger partial charge < -0.3 is 9.73 Å². The van der Waals surface area contributed by atoms with E-state index < -0.39 is 14.6 Å². The lowest BCUT2D eigenvalue weighted by molar-refractivity contribution is 0.367. The van der Waals surface area contributed by atoms with Gasteiger partial charge in [-0.1, -0.05) is 18.6 Å². The maximum absolute atomic E-state index is 12.1. The first-order chi connectivity index (χ1) is 9.66. The highest BCUT2D eigenvalue weighted by molar-refractivity contribution is 7.92. The number of furan rings is 1. The van der Waals surface area contributed by atoms with E-state index >= 15 is 0 Å². The Bertz CT molecular complexity index is 744. The van der Waals surface area contributed by atoms with Gasteiger partial charge in [-0.2, -0.15) is 0 Å². The van der Waals surface area contributed by atoms with Crippen molar-refractivity contribution >= 4 is 20.8 Å². The minimum Gasteiger partial charge on any atom is -0.459 e. The molecule has 21 heavy (non-hydrogen) atoms. The zero-order valence-corrected chi connectivity index (χ0v) is 14.0. The third kappa shape index (κ3) is 2.99. The second-order valence-corrected chi connectivity index (χ2v) is 8.65. The van der Waals surface area contributed by atoms with Crippen LogP contribution in [0.5, 0.6) is 0 Å². The second kappa shape index (κ2) is 5.46. The Morgan fingerprint density at radius 1 is 1.29 bits per heavy atom. The van der Waals surface area contributed by atoms with Crippen LogP contribution >= 0.6 is 0 Å². The van der Waals surface area contributed by atoms with E-state index in [1.54, 1.807) is 13.8 Å². The molecule has 0 fully saturated rings. The molecule has 1 aromatic carbocycles. The highest BCUT2D eigenvalue weighted by Crippen LogP contribution is 2.35. The average molecular weight is 309 g/mol. The molecule has 0 saturated heterocycles. The molecule has 0 bridgehead atoms. The SMILES string of the molecule is CCNC(c1cc2cc(C)ccc2o1)C(C)(C)S(C)(=O)=O. The van der Waals surface area contributed by atoms with Crippen molar-refractivity contribution in [1.29, 1.82) is 0 Å². The molecule has 0 saturated carbocycles. The Morgan fingerprint density at radius 3 is 2.52 bits per heavy atom. The highest BCUT2D eigenvalue weighted by Gasteiger charge is 2.41. The largest absolute Gasteiger partial charge is 0.459 e. The molecule has 4 nitrogen and oxygen atoms in total. The van der Waals surface area contributed by atoms with Gasteiger partial charge in [0.15, 0.2) is 9.84 Å². The van der Waals surface area contributed by atoms with E-state index in [0.29, 0.717) is 12.3 Å². The van der Waals surface area contributed by atoms with E-state index in [4.69, 9.17) is 4.42 Å². The summed E-state index contributed by atoms with van der Waals surface area (Å²) in [5, 5.41) is 4.25. The topological polar surface area (TPSA) is 59.3 Å². The fourth-order valence-electron chi connectivity index (χ4n) is 2.43. The molecule has 0 radical (unpaired) electrons. The fraction of sp³-hybridized carbons (Fsp3) is 0.500. The molecule has 1 N–H and O–H groups in total. The van der Waals surface area contributed by atoms with E-state index in [2.05, 4.69) is 5.32 Å². The third-order valence-corrected chi connectivity index (χ3v) is 6.18. The molecule has 1 unspecified atom stereocenters. The summed E-state index contributed by atoms with van der Waals surface area (Å²) in [4.78, 5) is 0. The first kappa shape index (κ1) is 16.0. The molecular formula is C16H23NO3S. The minimum absolute atomic E-state index is 0.384. The lowest BCUT2D eigenvalue weighted by Crippen LogP contribution is -2.44. The van der Waals surface area contributed by atoms with Crippen LogP contribution in [0.1, 0.15) is 38.1 Å². The molecule has 116 valence electrons. The summed E-state index contributed by atoms with van der Waals surface area (Å²) in [5.74, 6) is 0.660. The standard InChI is InChI=1S/C16H23NO3S/c1-6-17-15(16(3,4)21(5,18)19)14-10-12-9-11(2)7-8-13(12)20-14/h7-10,15,17H,6H2,1-5H3. The van der Waals surface area contributed by atoms with Crippen molar-refractivity contribution < 1.29 is 12.8 Å². The number of hydrogen-bond acceptors (Lipinski definition) is 4. The van der Waals surface area contributed by atoms with Gasteiger partial charge in [-0.3, -0.25) is 0 Å². The Kier molecular flexibility index (Phi) is 4.17. The molecule has 2 aromatic rings. The number of sulfone groups is 1. The van der Waals surface area contributed by atoms with Gasteiger partial charge in [0, 0.05) is 11.6 Å². The van der Waals surface area contributed by atoms with Crippen LogP contribution in [-0.2, 0) is 9.84 Å².